The first kappa shape index (κ1) is 14.3. The van der Waals surface area contributed by atoms with Gasteiger partial charge in [0.05, 0.1) is 19.2 Å². The Hall–Kier alpha value is -0.730. The molecule has 1 saturated heterocycles. The molecular formula is C10H22N3O4+. The van der Waals surface area contributed by atoms with Crippen molar-refractivity contribution >= 4 is 5.84 Å². The van der Waals surface area contributed by atoms with Crippen LogP contribution in [-0.2, 0) is 0 Å². The van der Waals surface area contributed by atoms with Gasteiger partial charge >= 0.3 is 0 Å². The van der Waals surface area contributed by atoms with E-state index in [1.165, 1.54) is 0 Å². The Kier molecular flexibility index (Phi) is 5.79. The van der Waals surface area contributed by atoms with Crippen molar-refractivity contribution in [1.29, 1.82) is 0 Å². The van der Waals surface area contributed by atoms with Crippen LogP contribution >= 0.6 is 0 Å². The molecule has 0 saturated carbocycles. The van der Waals surface area contributed by atoms with Crippen LogP contribution < -0.4 is 11.1 Å². The average molecular weight is 248 g/mol. The number of amidine groups is 1. The summed E-state index contributed by atoms with van der Waals surface area (Å²) in [6.45, 7) is 1.03. The number of aliphatic imine (C=N–C) groups is 1. The van der Waals surface area contributed by atoms with Crippen LogP contribution in [0.2, 0.25) is 0 Å². The first-order chi connectivity index (χ1) is 8.11. The molecule has 7 heteroatoms. The fraction of sp³-hybridized carbons (Fsp3) is 0.900. The number of hydrogen-bond acceptors (Lipinski definition) is 5. The minimum absolute atomic E-state index is 0.228. The molecule has 0 radical (unpaired) electrons. The third-order valence-corrected chi connectivity index (χ3v) is 2.84. The van der Waals surface area contributed by atoms with E-state index >= 15 is 0 Å². The molecule has 100 valence electrons. The maximum Gasteiger partial charge on any atom is 0.139 e. The highest BCUT2D eigenvalue weighted by molar-refractivity contribution is 5.88. The second-order valence-electron chi connectivity index (χ2n) is 4.19. The van der Waals surface area contributed by atoms with Gasteiger partial charge in [0.25, 0.3) is 0 Å². The molecule has 1 aliphatic rings. The molecule has 1 heterocycles. The molecule has 0 unspecified atom stereocenters. The van der Waals surface area contributed by atoms with Gasteiger partial charge in [-0.1, -0.05) is 0 Å². The molecule has 7 nitrogen and oxygen atoms in total. The molecule has 0 amide bonds. The summed E-state index contributed by atoms with van der Waals surface area (Å²) in [5, 5.41) is 40.5. The summed E-state index contributed by atoms with van der Waals surface area (Å²) >= 11 is 0. The maximum absolute atomic E-state index is 9.68. The smallest absolute Gasteiger partial charge is 0.139 e. The number of aliphatic hydroxyl groups is 4. The Morgan fingerprint density at radius 2 is 1.88 bits per heavy atom. The monoisotopic (exact) mass is 248 g/mol. The van der Waals surface area contributed by atoms with E-state index in [0.29, 0.717) is 6.54 Å². The summed E-state index contributed by atoms with van der Waals surface area (Å²) in [7, 11) is 0. The van der Waals surface area contributed by atoms with Crippen LogP contribution in [0.1, 0.15) is 12.8 Å². The molecule has 0 spiro atoms. The maximum atomic E-state index is 9.68. The lowest BCUT2D eigenvalue weighted by Gasteiger charge is -2.36. The van der Waals surface area contributed by atoms with Crippen LogP contribution in [0.4, 0.5) is 0 Å². The van der Waals surface area contributed by atoms with Gasteiger partial charge in [0, 0.05) is 6.54 Å². The minimum atomic E-state index is -1.32. The van der Waals surface area contributed by atoms with Gasteiger partial charge in [0.1, 0.15) is 24.1 Å². The van der Waals surface area contributed by atoms with E-state index in [-0.39, 0.29) is 12.4 Å². The van der Waals surface area contributed by atoms with Crippen molar-refractivity contribution in [2.45, 2.75) is 37.2 Å². The van der Waals surface area contributed by atoms with Gasteiger partial charge in [-0.15, -0.1) is 0 Å². The van der Waals surface area contributed by atoms with Crippen LogP contribution in [0.5, 0.6) is 0 Å². The van der Waals surface area contributed by atoms with Crippen LogP contribution in [0.25, 0.3) is 0 Å². The zero-order valence-corrected chi connectivity index (χ0v) is 9.79. The fourth-order valence-electron chi connectivity index (χ4n) is 1.73. The Balaban J connectivity index is 2.58. The van der Waals surface area contributed by atoms with Crippen LogP contribution in [0.3, 0.4) is 0 Å². The van der Waals surface area contributed by atoms with E-state index in [2.05, 4.69) is 16.0 Å². The van der Waals surface area contributed by atoms with Gasteiger partial charge in [-0.25, -0.2) is 0 Å². The Labute approximate surface area is 100.0 Å². The highest BCUT2D eigenvalue weighted by Gasteiger charge is 2.39. The van der Waals surface area contributed by atoms with E-state index < -0.39 is 24.4 Å². The second-order valence-corrected chi connectivity index (χ2v) is 4.19. The number of nitrogens with zero attached hydrogens (tertiary/aromatic N) is 1. The molecule has 1 aliphatic heterocycles. The lowest BCUT2D eigenvalue weighted by Crippen LogP contribution is -2.63. The van der Waals surface area contributed by atoms with Gasteiger partial charge in [0.2, 0.25) is 0 Å². The number of hydrogen-bond donors (Lipinski definition) is 6. The number of unbranched alkanes of at least 4 members (excludes halogenated alkanes) is 1. The number of nitrogens with one attached hydrogen (secondary N) is 1. The van der Waals surface area contributed by atoms with Crippen molar-refractivity contribution < 1.29 is 26.2 Å². The van der Waals surface area contributed by atoms with Crippen molar-refractivity contribution in [2.75, 3.05) is 19.7 Å². The van der Waals surface area contributed by atoms with Gasteiger partial charge in [0.15, 0.2) is 0 Å². The lowest BCUT2D eigenvalue weighted by atomic mass is 9.95. The van der Waals surface area contributed by atoms with E-state index in [9.17, 15) is 15.3 Å². The first-order valence-corrected chi connectivity index (χ1v) is 5.87. The highest BCUT2D eigenvalue weighted by Crippen LogP contribution is 2.12. The fourth-order valence-corrected chi connectivity index (χ4v) is 1.73. The molecule has 0 bridgehead atoms. The predicted molar refractivity (Wildman–Crippen MR) is 61.3 cm³/mol. The van der Waals surface area contributed by atoms with Crippen molar-refractivity contribution in [3.05, 3.63) is 0 Å². The molecule has 1 rings (SSSR count). The quantitative estimate of drug-likeness (QED) is 0.280. The molecule has 0 aromatic rings. The Morgan fingerprint density at radius 3 is 2.47 bits per heavy atom. The van der Waals surface area contributed by atoms with Crippen molar-refractivity contribution in [2.24, 2.45) is 4.99 Å². The number of quaternary nitrogens is 1. The highest BCUT2D eigenvalue weighted by atomic mass is 16.4. The molecule has 0 aliphatic carbocycles. The first-order valence-electron chi connectivity index (χ1n) is 5.87. The number of rotatable bonds is 5. The minimum Gasteiger partial charge on any atom is -0.394 e. The van der Waals surface area contributed by atoms with Crippen LogP contribution in [-0.4, -0.2) is 70.3 Å². The van der Waals surface area contributed by atoms with Gasteiger partial charge in [-0.2, -0.15) is 0 Å². The summed E-state index contributed by atoms with van der Waals surface area (Å²) in [5.74, 6) is 0.228. The van der Waals surface area contributed by atoms with Crippen LogP contribution in [0, 0.1) is 0 Å². The van der Waals surface area contributed by atoms with E-state index in [0.717, 1.165) is 19.4 Å². The molecule has 0 aromatic carbocycles. The molecule has 0 aromatic heterocycles. The lowest BCUT2D eigenvalue weighted by molar-refractivity contribution is -0.368. The third kappa shape index (κ3) is 3.62. The summed E-state index contributed by atoms with van der Waals surface area (Å²) in [5.41, 5.74) is 3.71. The molecule has 17 heavy (non-hydrogen) atoms. The standard InChI is InChI=1S/C10H21N3O4/c11-3-1-2-4-12-10-9(17)8(16)7(15)6(5-14)13-10/h6-9,14-17H,1-5,11H2,(H,12,13)/p+1/t6-,7-,8+,9-/m1/s1. The molecule has 1 fully saturated rings. The Morgan fingerprint density at radius 1 is 1.18 bits per heavy atom. The SMILES string of the molecule is [NH3+]CCCCN=C1N[C@H](CO)[C@@H](O)[C@H](O)[C@H]1O. The summed E-state index contributed by atoms with van der Waals surface area (Å²) in [6, 6.07) is -0.694. The van der Waals surface area contributed by atoms with E-state index in [4.69, 9.17) is 5.11 Å². The van der Waals surface area contributed by atoms with Crippen molar-refractivity contribution in [3.63, 3.8) is 0 Å². The van der Waals surface area contributed by atoms with E-state index in [1.807, 2.05) is 0 Å². The zero-order chi connectivity index (χ0) is 12.8. The number of piperidine rings is 1. The third-order valence-electron chi connectivity index (χ3n) is 2.84. The topological polar surface area (TPSA) is 133 Å². The molecule has 4 atom stereocenters. The number of aliphatic hydroxyl groups excluding tert-OH is 4. The second kappa shape index (κ2) is 6.87. The summed E-state index contributed by atoms with van der Waals surface area (Å²) < 4.78 is 0. The van der Waals surface area contributed by atoms with Gasteiger partial charge < -0.3 is 31.5 Å². The molecular weight excluding hydrogens is 226 g/mol. The molecule has 8 N–H and O–H groups in total. The van der Waals surface area contributed by atoms with Crippen LogP contribution in [0.15, 0.2) is 4.99 Å². The summed E-state index contributed by atoms with van der Waals surface area (Å²) in [4.78, 5) is 4.13. The van der Waals surface area contributed by atoms with Gasteiger partial charge in [-0.05, 0) is 12.8 Å². The normalized spacial score (nSPS) is 35.9. The average Bonchev–Trinajstić information content (AvgIpc) is 2.34. The van der Waals surface area contributed by atoms with Gasteiger partial charge in [-0.3, -0.25) is 4.99 Å². The van der Waals surface area contributed by atoms with E-state index in [1.54, 1.807) is 0 Å². The predicted octanol–water partition coefficient (Wildman–Crippen LogP) is -3.55. The largest absolute Gasteiger partial charge is 0.394 e. The van der Waals surface area contributed by atoms with Crippen molar-refractivity contribution in [3.8, 4) is 0 Å². The summed E-state index contributed by atoms with van der Waals surface area (Å²) in [6.07, 6.45) is -1.95. The van der Waals surface area contributed by atoms with Crippen molar-refractivity contribution in [1.82, 2.24) is 5.32 Å². The zero-order valence-electron chi connectivity index (χ0n) is 9.79. The Bertz CT molecular complexity index is 260.